The van der Waals surface area contributed by atoms with E-state index in [4.69, 9.17) is 27.5 Å². The lowest BCUT2D eigenvalue weighted by Crippen LogP contribution is -2.13. The molecule has 28 heavy (non-hydrogen) atoms. The van der Waals surface area contributed by atoms with Crippen molar-refractivity contribution in [2.24, 2.45) is 0 Å². The molecule has 0 aromatic heterocycles. The number of carbonyl (C=O) groups is 1. The largest absolute Gasteiger partial charge is 0.490 e. The topological polar surface area (TPSA) is 71.3 Å². The minimum absolute atomic E-state index is 0.0390. The molecule has 1 amide bonds. The predicted molar refractivity (Wildman–Crippen MR) is 110 cm³/mol. The van der Waals surface area contributed by atoms with Gasteiger partial charge in [-0.2, -0.15) is 5.26 Å². The first-order valence-electron chi connectivity index (χ1n) is 8.51. The van der Waals surface area contributed by atoms with Gasteiger partial charge in [0.2, 0.25) is 0 Å². The fraction of sp³-hybridized carbons (Fsp3) is 0.182. The highest BCUT2D eigenvalue weighted by atomic mass is 35.5. The number of terminal acetylenes is 1. The summed E-state index contributed by atoms with van der Waals surface area (Å²) in [5, 5.41) is 12.4. The molecule has 0 radical (unpaired) electrons. The molecule has 0 bridgehead atoms. The Morgan fingerprint density at radius 1 is 1.32 bits per heavy atom. The lowest BCUT2D eigenvalue weighted by molar-refractivity contribution is -0.112. The fourth-order valence-electron chi connectivity index (χ4n) is 2.42. The molecular weight excluding hydrogens is 376 g/mol. The second-order valence-corrected chi connectivity index (χ2v) is 6.16. The molecule has 142 valence electrons. The number of amides is 1. The van der Waals surface area contributed by atoms with Gasteiger partial charge in [0.05, 0.1) is 11.6 Å². The number of hydrogen-bond donors (Lipinski definition) is 1. The van der Waals surface area contributed by atoms with E-state index in [9.17, 15) is 10.1 Å². The van der Waals surface area contributed by atoms with Crippen LogP contribution in [0.3, 0.4) is 0 Å². The van der Waals surface area contributed by atoms with E-state index in [2.05, 4.69) is 11.2 Å². The van der Waals surface area contributed by atoms with Gasteiger partial charge in [-0.3, -0.25) is 4.79 Å². The normalized spacial score (nSPS) is 10.5. The monoisotopic (exact) mass is 394 g/mol. The number of nitrogens with zero attached hydrogens (tertiary/aromatic N) is 1. The zero-order chi connectivity index (χ0) is 20.5. The number of nitrogens with one attached hydrogen (secondary N) is 1. The third-order valence-electron chi connectivity index (χ3n) is 3.58. The van der Waals surface area contributed by atoms with Crippen molar-refractivity contribution in [1.82, 2.24) is 0 Å². The second kappa shape index (κ2) is 10.1. The van der Waals surface area contributed by atoms with Crippen LogP contribution in [0.4, 0.5) is 5.69 Å². The summed E-state index contributed by atoms with van der Waals surface area (Å²) in [5.74, 6) is 2.55. The molecule has 0 aliphatic rings. The molecule has 0 aliphatic carbocycles. The first-order chi connectivity index (χ1) is 13.5. The van der Waals surface area contributed by atoms with Crippen LogP contribution in [-0.4, -0.2) is 19.1 Å². The SMILES string of the molecule is C#CCOc1c(Cl)cc(/C=C(/C#N)C(=O)Nc2cccc(C)c2)cc1OCC. The van der Waals surface area contributed by atoms with Crippen molar-refractivity contribution in [1.29, 1.82) is 5.26 Å². The first-order valence-corrected chi connectivity index (χ1v) is 8.88. The molecule has 0 unspecified atom stereocenters. The smallest absolute Gasteiger partial charge is 0.266 e. The van der Waals surface area contributed by atoms with Crippen molar-refractivity contribution in [2.45, 2.75) is 13.8 Å². The van der Waals surface area contributed by atoms with Crippen LogP contribution in [0.25, 0.3) is 6.08 Å². The molecule has 2 rings (SSSR count). The summed E-state index contributed by atoms with van der Waals surface area (Å²) >= 11 is 6.27. The molecule has 0 atom stereocenters. The van der Waals surface area contributed by atoms with Gasteiger partial charge in [0.1, 0.15) is 18.2 Å². The maximum atomic E-state index is 12.5. The number of halogens is 1. The zero-order valence-corrected chi connectivity index (χ0v) is 16.3. The Morgan fingerprint density at radius 2 is 2.11 bits per heavy atom. The lowest BCUT2D eigenvalue weighted by Gasteiger charge is -2.13. The quantitative estimate of drug-likeness (QED) is 0.423. The maximum absolute atomic E-state index is 12.5. The summed E-state index contributed by atoms with van der Waals surface area (Å²) in [5.41, 5.74) is 2.06. The number of carbonyl (C=O) groups excluding carboxylic acids is 1. The van der Waals surface area contributed by atoms with Gasteiger partial charge in [0.25, 0.3) is 5.91 Å². The molecule has 0 aliphatic heterocycles. The van der Waals surface area contributed by atoms with Gasteiger partial charge < -0.3 is 14.8 Å². The van der Waals surface area contributed by atoms with E-state index in [1.54, 1.807) is 18.2 Å². The maximum Gasteiger partial charge on any atom is 0.266 e. The van der Waals surface area contributed by atoms with E-state index in [-0.39, 0.29) is 17.2 Å². The Kier molecular flexibility index (Phi) is 7.51. The lowest BCUT2D eigenvalue weighted by atomic mass is 10.1. The van der Waals surface area contributed by atoms with Crippen LogP contribution in [0, 0.1) is 30.6 Å². The number of anilines is 1. The standard InChI is InChI=1S/C22H19ClN2O3/c1-4-9-28-21-19(23)12-16(13-20(21)27-5-2)11-17(14-24)22(26)25-18-8-6-7-15(3)10-18/h1,6-8,10-13H,5,9H2,2-3H3,(H,25,26)/b17-11-. The van der Waals surface area contributed by atoms with E-state index in [0.717, 1.165) is 5.56 Å². The van der Waals surface area contributed by atoms with Crippen molar-refractivity contribution in [3.63, 3.8) is 0 Å². The number of hydrogen-bond acceptors (Lipinski definition) is 4. The summed E-state index contributed by atoms with van der Waals surface area (Å²) < 4.78 is 11.0. The third kappa shape index (κ3) is 5.54. The number of benzene rings is 2. The average Bonchev–Trinajstić information content (AvgIpc) is 2.65. The van der Waals surface area contributed by atoms with Crippen molar-refractivity contribution >= 4 is 29.3 Å². The number of rotatable bonds is 7. The molecule has 1 N–H and O–H groups in total. The van der Waals surface area contributed by atoms with Crippen LogP contribution in [0.1, 0.15) is 18.1 Å². The average molecular weight is 395 g/mol. The molecule has 2 aromatic carbocycles. The van der Waals surface area contributed by atoms with Gasteiger partial charge in [-0.05, 0) is 55.3 Å². The van der Waals surface area contributed by atoms with Crippen LogP contribution in [-0.2, 0) is 4.79 Å². The van der Waals surface area contributed by atoms with Gasteiger partial charge in [-0.25, -0.2) is 0 Å². The number of ether oxygens (including phenoxy) is 2. The van der Waals surface area contributed by atoms with Gasteiger partial charge in [0, 0.05) is 5.69 Å². The molecular formula is C22H19ClN2O3. The zero-order valence-electron chi connectivity index (χ0n) is 15.6. The number of nitriles is 1. The Bertz CT molecular complexity index is 984. The predicted octanol–water partition coefficient (Wildman–Crippen LogP) is 4.60. The van der Waals surface area contributed by atoms with Crippen LogP contribution < -0.4 is 14.8 Å². The van der Waals surface area contributed by atoms with Gasteiger partial charge in [0.15, 0.2) is 11.5 Å². The van der Waals surface area contributed by atoms with E-state index in [0.29, 0.717) is 29.4 Å². The van der Waals surface area contributed by atoms with Crippen LogP contribution in [0.5, 0.6) is 11.5 Å². The summed E-state index contributed by atoms with van der Waals surface area (Å²) in [7, 11) is 0. The second-order valence-electron chi connectivity index (χ2n) is 5.75. The third-order valence-corrected chi connectivity index (χ3v) is 3.86. The molecule has 0 spiro atoms. The Labute approximate surface area is 169 Å². The minimum atomic E-state index is -0.519. The summed E-state index contributed by atoms with van der Waals surface area (Å²) in [4.78, 5) is 12.5. The van der Waals surface area contributed by atoms with E-state index < -0.39 is 5.91 Å². The van der Waals surface area contributed by atoms with Gasteiger partial charge >= 0.3 is 0 Å². The van der Waals surface area contributed by atoms with Gasteiger partial charge in [-0.1, -0.05) is 29.7 Å². The fourth-order valence-corrected chi connectivity index (χ4v) is 2.70. The molecule has 0 saturated carbocycles. The highest BCUT2D eigenvalue weighted by Crippen LogP contribution is 2.37. The van der Waals surface area contributed by atoms with Crippen molar-refractivity contribution in [3.8, 4) is 29.9 Å². The van der Waals surface area contributed by atoms with Crippen LogP contribution in [0.2, 0.25) is 5.02 Å². The highest BCUT2D eigenvalue weighted by Gasteiger charge is 2.14. The Hall–Kier alpha value is -3.41. The molecule has 6 heteroatoms. The first kappa shape index (κ1) is 20.9. The van der Waals surface area contributed by atoms with E-state index in [1.807, 2.05) is 38.1 Å². The minimum Gasteiger partial charge on any atom is -0.490 e. The Balaban J connectivity index is 2.33. The van der Waals surface area contributed by atoms with Crippen LogP contribution >= 0.6 is 11.6 Å². The van der Waals surface area contributed by atoms with Crippen LogP contribution in [0.15, 0.2) is 42.0 Å². The molecule has 2 aromatic rings. The van der Waals surface area contributed by atoms with E-state index in [1.165, 1.54) is 6.08 Å². The Morgan fingerprint density at radius 3 is 2.75 bits per heavy atom. The molecule has 5 nitrogen and oxygen atoms in total. The number of aryl methyl sites for hydroxylation is 1. The highest BCUT2D eigenvalue weighted by molar-refractivity contribution is 6.32. The summed E-state index contributed by atoms with van der Waals surface area (Å²) in [6, 6.07) is 12.4. The molecule has 0 saturated heterocycles. The summed E-state index contributed by atoms with van der Waals surface area (Å²) in [6.45, 7) is 4.15. The summed E-state index contributed by atoms with van der Waals surface area (Å²) in [6.07, 6.45) is 6.66. The molecule has 0 heterocycles. The van der Waals surface area contributed by atoms with E-state index >= 15 is 0 Å². The molecule has 0 fully saturated rings. The van der Waals surface area contributed by atoms with Crippen molar-refractivity contribution < 1.29 is 14.3 Å². The van der Waals surface area contributed by atoms with Gasteiger partial charge in [-0.15, -0.1) is 6.42 Å². The van der Waals surface area contributed by atoms with Crippen molar-refractivity contribution in [3.05, 3.63) is 58.1 Å². The van der Waals surface area contributed by atoms with Crippen molar-refractivity contribution in [2.75, 3.05) is 18.5 Å².